The van der Waals surface area contributed by atoms with Crippen LogP contribution >= 0.6 is 0 Å². The third-order valence-electron chi connectivity index (χ3n) is 14.3. The van der Waals surface area contributed by atoms with Gasteiger partial charge in [-0.2, -0.15) is 0 Å². The number of para-hydroxylation sites is 1. The fourth-order valence-corrected chi connectivity index (χ4v) is 11.1. The smallest absolute Gasteiger partial charge is 0.134 e. The summed E-state index contributed by atoms with van der Waals surface area (Å²) in [6, 6.07) is 48.0. The van der Waals surface area contributed by atoms with E-state index in [1.165, 1.54) is 66.8 Å². The molecule has 1 aliphatic heterocycles. The van der Waals surface area contributed by atoms with Crippen molar-refractivity contribution in [3.05, 3.63) is 220 Å². The van der Waals surface area contributed by atoms with E-state index in [4.69, 9.17) is 4.74 Å². The zero-order valence-electron chi connectivity index (χ0n) is 38.5. The molecule has 6 aromatic carbocycles. The van der Waals surface area contributed by atoms with Crippen LogP contribution in [0.15, 0.2) is 175 Å². The van der Waals surface area contributed by atoms with E-state index in [-0.39, 0.29) is 16.2 Å². The molecule has 1 heterocycles. The molecule has 3 aliphatic carbocycles. The van der Waals surface area contributed by atoms with Crippen molar-refractivity contribution in [1.82, 2.24) is 0 Å². The van der Waals surface area contributed by atoms with Gasteiger partial charge in [0.2, 0.25) is 0 Å². The molecule has 0 N–H and O–H groups in total. The summed E-state index contributed by atoms with van der Waals surface area (Å²) in [4.78, 5) is 2.41. The number of rotatable bonds is 6. The zero-order chi connectivity index (χ0) is 44.1. The number of benzene rings is 6. The maximum Gasteiger partial charge on any atom is 0.134 e. The second-order valence-electron chi connectivity index (χ2n) is 20.5. The first-order valence-corrected chi connectivity index (χ1v) is 22.8. The Morgan fingerprint density at radius 2 is 1.27 bits per heavy atom. The molecule has 314 valence electrons. The number of hydrogen-bond acceptors (Lipinski definition) is 2. The van der Waals surface area contributed by atoms with Gasteiger partial charge in [0.15, 0.2) is 0 Å². The van der Waals surface area contributed by atoms with Crippen LogP contribution in [0.1, 0.15) is 120 Å². The minimum atomic E-state index is -0.540. The molecule has 0 amide bonds. The van der Waals surface area contributed by atoms with Gasteiger partial charge in [-0.1, -0.05) is 183 Å². The zero-order valence-corrected chi connectivity index (χ0v) is 38.5. The molecule has 1 unspecified atom stereocenters. The lowest BCUT2D eigenvalue weighted by Gasteiger charge is -2.42. The van der Waals surface area contributed by atoms with Gasteiger partial charge in [-0.3, -0.25) is 0 Å². The predicted octanol–water partition coefficient (Wildman–Crippen LogP) is 16.9. The van der Waals surface area contributed by atoms with Crippen molar-refractivity contribution in [3.63, 3.8) is 0 Å². The first-order chi connectivity index (χ1) is 30.2. The lowest BCUT2D eigenvalue weighted by molar-refractivity contribution is 0.434. The summed E-state index contributed by atoms with van der Waals surface area (Å²) in [7, 11) is 0. The van der Waals surface area contributed by atoms with Crippen molar-refractivity contribution in [3.8, 4) is 22.6 Å². The van der Waals surface area contributed by atoms with E-state index in [1.54, 1.807) is 0 Å². The third-order valence-corrected chi connectivity index (χ3v) is 14.3. The molecule has 0 fully saturated rings. The van der Waals surface area contributed by atoms with Gasteiger partial charge >= 0.3 is 0 Å². The molecule has 63 heavy (non-hydrogen) atoms. The number of nitrogens with zero attached hydrogens (tertiary/aromatic N) is 1. The van der Waals surface area contributed by atoms with Crippen LogP contribution in [0.2, 0.25) is 0 Å². The Labute approximate surface area is 375 Å². The van der Waals surface area contributed by atoms with Crippen LogP contribution in [-0.2, 0) is 16.2 Å². The lowest BCUT2D eigenvalue weighted by atomic mass is 9.63. The van der Waals surface area contributed by atoms with Gasteiger partial charge in [0.05, 0.1) is 5.41 Å². The molecule has 0 aromatic heterocycles. The predicted molar refractivity (Wildman–Crippen MR) is 267 cm³/mol. The molecule has 4 aliphatic rings. The van der Waals surface area contributed by atoms with Crippen molar-refractivity contribution in [2.24, 2.45) is 5.41 Å². The molecule has 0 saturated carbocycles. The van der Waals surface area contributed by atoms with Crippen LogP contribution in [0.5, 0.6) is 11.5 Å². The average Bonchev–Trinajstić information content (AvgIpc) is 3.68. The van der Waals surface area contributed by atoms with Crippen LogP contribution in [-0.4, -0.2) is 0 Å². The Morgan fingerprint density at radius 3 is 2.00 bits per heavy atom. The highest BCUT2D eigenvalue weighted by atomic mass is 16.5. The molecule has 1 atom stereocenters. The van der Waals surface area contributed by atoms with Crippen molar-refractivity contribution in [2.45, 2.75) is 91.4 Å². The summed E-state index contributed by atoms with van der Waals surface area (Å²) < 4.78 is 7.17. The Morgan fingerprint density at radius 1 is 0.619 bits per heavy atom. The molecule has 6 aromatic rings. The van der Waals surface area contributed by atoms with Gasteiger partial charge in [-0.15, -0.1) is 0 Å². The van der Waals surface area contributed by atoms with Crippen molar-refractivity contribution >= 4 is 28.2 Å². The summed E-state index contributed by atoms with van der Waals surface area (Å²) in [5.74, 6) is 1.81. The number of fused-ring (bicyclic) bond motifs is 11. The molecule has 0 radical (unpaired) electrons. The second-order valence-corrected chi connectivity index (χ2v) is 20.5. The fraction of sp³-hybridized carbons (Fsp3) is 0.246. The van der Waals surface area contributed by atoms with Crippen molar-refractivity contribution in [1.29, 1.82) is 0 Å². The van der Waals surface area contributed by atoms with Crippen LogP contribution in [0.25, 0.3) is 22.3 Å². The number of allylic oxidation sites excluding steroid dienone is 9. The van der Waals surface area contributed by atoms with Gasteiger partial charge in [0, 0.05) is 39.7 Å². The van der Waals surface area contributed by atoms with Crippen LogP contribution in [0.3, 0.4) is 0 Å². The van der Waals surface area contributed by atoms with E-state index in [0.717, 1.165) is 52.5 Å². The normalized spacial score (nSPS) is 18.2. The van der Waals surface area contributed by atoms with Gasteiger partial charge in [0.25, 0.3) is 0 Å². The fourth-order valence-electron chi connectivity index (χ4n) is 11.1. The molecule has 1 spiro atoms. The minimum Gasteiger partial charge on any atom is -0.457 e. The molecule has 10 rings (SSSR count). The van der Waals surface area contributed by atoms with E-state index >= 15 is 0 Å². The largest absolute Gasteiger partial charge is 0.457 e. The van der Waals surface area contributed by atoms with E-state index in [1.807, 2.05) is 6.08 Å². The molecule has 0 saturated heterocycles. The molecule has 0 bridgehead atoms. The number of ether oxygens (including phenoxy) is 1. The molecule has 2 heteroatoms. The summed E-state index contributed by atoms with van der Waals surface area (Å²) in [6.45, 7) is 24.9. The first-order valence-electron chi connectivity index (χ1n) is 22.8. The maximum atomic E-state index is 7.17. The first kappa shape index (κ1) is 40.7. The molecule has 2 nitrogen and oxygen atoms in total. The van der Waals surface area contributed by atoms with Gasteiger partial charge in [-0.25, -0.2) is 0 Å². The second kappa shape index (κ2) is 14.6. The molecular weight excluding hydrogens is 763 g/mol. The monoisotopic (exact) mass is 821 g/mol. The molecular formula is C61H59NO. The average molecular weight is 822 g/mol. The number of hydrogen-bond donors (Lipinski definition) is 0. The van der Waals surface area contributed by atoms with Gasteiger partial charge < -0.3 is 9.64 Å². The highest BCUT2D eigenvalue weighted by molar-refractivity contribution is 5.92. The van der Waals surface area contributed by atoms with Crippen LogP contribution < -0.4 is 9.64 Å². The van der Waals surface area contributed by atoms with E-state index in [9.17, 15) is 0 Å². The highest BCUT2D eigenvalue weighted by Crippen LogP contribution is 2.64. The van der Waals surface area contributed by atoms with E-state index in [2.05, 4.69) is 225 Å². The Hall–Kier alpha value is -6.38. The summed E-state index contributed by atoms with van der Waals surface area (Å²) in [6.07, 6.45) is 12.8. The SMILES string of the molecule is C=C/C=C(\C=C/C)c1ccc(N(c2ccc3c(c2)Oc2ccccc2C32C3=C(CCC(C(C)(C)C)=C3)c3ccc(C(C)(C)C)cc32)c2ccc3c(c2)C(C)(C)c2ccccc2-3)cc1. The van der Waals surface area contributed by atoms with Crippen LogP contribution in [0.4, 0.5) is 17.1 Å². The van der Waals surface area contributed by atoms with E-state index < -0.39 is 5.41 Å². The summed E-state index contributed by atoms with van der Waals surface area (Å²) in [5, 5.41) is 0. The van der Waals surface area contributed by atoms with Gasteiger partial charge in [-0.05, 0) is 128 Å². The van der Waals surface area contributed by atoms with E-state index in [0.29, 0.717) is 0 Å². The Bertz CT molecular complexity index is 2990. The van der Waals surface area contributed by atoms with Gasteiger partial charge in [0.1, 0.15) is 11.5 Å². The Balaban J connectivity index is 1.21. The summed E-state index contributed by atoms with van der Waals surface area (Å²) >= 11 is 0. The maximum absolute atomic E-state index is 7.17. The highest BCUT2D eigenvalue weighted by Gasteiger charge is 2.53. The van der Waals surface area contributed by atoms with Crippen molar-refractivity contribution in [2.75, 3.05) is 4.90 Å². The Kier molecular flexibility index (Phi) is 9.42. The lowest BCUT2D eigenvalue weighted by Crippen LogP contribution is -2.34. The van der Waals surface area contributed by atoms with Crippen LogP contribution in [0, 0.1) is 5.41 Å². The van der Waals surface area contributed by atoms with Crippen molar-refractivity contribution < 1.29 is 4.74 Å². The quantitative estimate of drug-likeness (QED) is 0.155. The third kappa shape index (κ3) is 6.28. The number of anilines is 3. The topological polar surface area (TPSA) is 12.5 Å². The summed E-state index contributed by atoms with van der Waals surface area (Å²) in [5.41, 5.74) is 21.1. The minimum absolute atomic E-state index is 0.0139. The standard InChI is InChI=1S/C61H59NO/c1-11-17-39(18-12-2)40-23-27-43(28-24-40)62(44-29-33-47-46-19-13-14-20-50(46)60(9,10)53(47)37-44)45-30-34-52-57(38-45)63-56-22-16-15-21-51(56)61(52)54-35-41(58(3,4)5)25-31-48(54)49-32-26-42(36-55(49)61)59(6,7)8/h11-25,27-31,33-38H,1,26,32H2,2-10H3/b18-12-,39-17+.